The summed E-state index contributed by atoms with van der Waals surface area (Å²) in [5, 5.41) is 21.8. The van der Waals surface area contributed by atoms with Crippen LogP contribution >= 0.6 is 0 Å². The number of aromatic hydroxyl groups is 2. The van der Waals surface area contributed by atoms with E-state index in [0.29, 0.717) is 11.5 Å². The van der Waals surface area contributed by atoms with Crippen molar-refractivity contribution in [3.8, 4) is 11.5 Å². The van der Waals surface area contributed by atoms with Crippen molar-refractivity contribution in [1.82, 2.24) is 0 Å². The molecule has 2 aromatic rings. The Labute approximate surface area is 294 Å². The number of phenolic OH excluding ortho intramolecular Hbond substituents is 2. The molecule has 2 rings (SSSR count). The van der Waals surface area contributed by atoms with Gasteiger partial charge in [0.15, 0.2) is 33.3 Å². The van der Waals surface area contributed by atoms with E-state index in [1.54, 1.807) is 0 Å². The zero-order valence-corrected chi connectivity index (χ0v) is 38.7. The van der Waals surface area contributed by atoms with Crippen LogP contribution in [0.25, 0.3) is 0 Å². The second kappa shape index (κ2) is 15.6. The van der Waals surface area contributed by atoms with Gasteiger partial charge in [0.1, 0.15) is 11.5 Å². The Morgan fingerprint density at radius 1 is 0.489 bits per heavy atom. The molecule has 268 valence electrons. The highest BCUT2D eigenvalue weighted by Gasteiger charge is 2.41. The molecule has 0 unspecified atom stereocenters. The Morgan fingerprint density at radius 2 is 0.766 bits per heavy atom. The van der Waals surface area contributed by atoms with Crippen LogP contribution < -0.4 is 0 Å². The van der Waals surface area contributed by atoms with Crippen molar-refractivity contribution in [2.24, 2.45) is 0 Å². The molecule has 0 aliphatic heterocycles. The summed E-state index contributed by atoms with van der Waals surface area (Å²) in [5.74, 6) is 0.676. The molecule has 0 aromatic heterocycles. The van der Waals surface area contributed by atoms with Crippen molar-refractivity contribution in [3.63, 3.8) is 0 Å². The third-order valence-electron chi connectivity index (χ3n) is 7.84. The molecule has 47 heavy (non-hydrogen) atoms. The molecular formula is C35H68O6Si6. The van der Waals surface area contributed by atoms with Crippen LogP contribution in [-0.4, -0.2) is 60.6 Å². The van der Waals surface area contributed by atoms with Crippen molar-refractivity contribution in [1.29, 1.82) is 0 Å². The Balaban J connectivity index is 2.25. The molecule has 2 aromatic carbocycles. The largest absolute Gasteiger partial charge is 0.508 e. The SMILES string of the molecule is CC(C)(c1ccc(O)c(CCC[Si](C)(O[Si](C)(C)C)O[Si](C)(C)C)c1)c1ccc(O)c(CCC[Si](C)(O[Si](C)(C)C)O[Si](C)(C)C)c1. The van der Waals surface area contributed by atoms with E-state index >= 15 is 0 Å². The fourth-order valence-corrected chi connectivity index (χ4v) is 31.6. The Hall–Kier alpha value is -0.819. The van der Waals surface area contributed by atoms with Gasteiger partial charge in [0.05, 0.1) is 0 Å². The van der Waals surface area contributed by atoms with E-state index in [0.717, 1.165) is 60.0 Å². The fourth-order valence-electron chi connectivity index (χ4n) is 6.55. The first-order valence-corrected chi connectivity index (χ1v) is 36.2. The van der Waals surface area contributed by atoms with Crippen LogP contribution in [0.2, 0.25) is 104 Å². The lowest BCUT2D eigenvalue weighted by Gasteiger charge is -2.38. The van der Waals surface area contributed by atoms with Gasteiger partial charge in [-0.2, -0.15) is 0 Å². The van der Waals surface area contributed by atoms with E-state index in [-0.39, 0.29) is 5.41 Å². The van der Waals surface area contributed by atoms with Gasteiger partial charge in [-0.25, -0.2) is 0 Å². The lowest BCUT2D eigenvalue weighted by molar-refractivity contribution is 0.379. The van der Waals surface area contributed by atoms with Crippen LogP contribution in [0, 0.1) is 0 Å². The number of phenols is 2. The van der Waals surface area contributed by atoms with Crippen LogP contribution in [0.5, 0.6) is 11.5 Å². The molecule has 0 heterocycles. The standard InChI is InChI=1S/C35H68O6Si6/c1-35(2,31-21-23-33(36)29(27-31)19-17-25-46(15,38-42(3,4)5)39-43(6,7)8)32-22-24-34(37)30(28-32)20-18-26-47(16,40-44(9,10)11)41-45(12,13)14/h21-24,27-28,36-37H,17-20,25-26H2,1-16H3. The quantitative estimate of drug-likeness (QED) is 0.148. The number of aryl methyl sites for hydroxylation is 2. The molecule has 0 amide bonds. The summed E-state index contributed by atoms with van der Waals surface area (Å²) in [6.45, 7) is 35.8. The van der Waals surface area contributed by atoms with Gasteiger partial charge < -0.3 is 26.7 Å². The topological polar surface area (TPSA) is 77.4 Å². The van der Waals surface area contributed by atoms with Gasteiger partial charge in [0.2, 0.25) is 0 Å². The van der Waals surface area contributed by atoms with E-state index in [1.165, 1.54) is 0 Å². The highest BCUT2D eigenvalue weighted by atomic mass is 28.5. The molecule has 0 atom stereocenters. The average molecular weight is 753 g/mol. The van der Waals surface area contributed by atoms with Gasteiger partial charge in [-0.3, -0.25) is 0 Å². The van der Waals surface area contributed by atoms with Crippen molar-refractivity contribution in [2.45, 2.75) is 149 Å². The van der Waals surface area contributed by atoms with Crippen LogP contribution in [0.15, 0.2) is 36.4 Å². The summed E-state index contributed by atoms with van der Waals surface area (Å²) in [6.07, 6.45) is 3.35. The van der Waals surface area contributed by atoms with Gasteiger partial charge in [0.25, 0.3) is 0 Å². The Bertz CT molecular complexity index is 1190. The molecule has 0 radical (unpaired) electrons. The van der Waals surface area contributed by atoms with Gasteiger partial charge in [-0.05, 0) is 164 Å². The maximum Gasteiger partial charge on any atom is 0.314 e. The lowest BCUT2D eigenvalue weighted by Crippen LogP contribution is -2.52. The van der Waals surface area contributed by atoms with E-state index in [4.69, 9.17) is 16.5 Å². The van der Waals surface area contributed by atoms with Gasteiger partial charge in [-0.15, -0.1) is 0 Å². The normalized spacial score (nSPS) is 14.1. The molecule has 0 spiro atoms. The van der Waals surface area contributed by atoms with Crippen LogP contribution in [0.4, 0.5) is 0 Å². The van der Waals surface area contributed by atoms with Gasteiger partial charge in [0, 0.05) is 5.41 Å². The third-order valence-corrected chi connectivity index (χ3v) is 27.1. The number of benzene rings is 2. The minimum absolute atomic E-state index is 0.318. The predicted molar refractivity (Wildman–Crippen MR) is 216 cm³/mol. The van der Waals surface area contributed by atoms with E-state index in [1.807, 2.05) is 24.3 Å². The number of hydrogen-bond donors (Lipinski definition) is 2. The first kappa shape index (κ1) is 42.3. The number of hydrogen-bond acceptors (Lipinski definition) is 6. The zero-order chi connectivity index (χ0) is 36.3. The summed E-state index contributed by atoms with van der Waals surface area (Å²) >= 11 is 0. The van der Waals surface area contributed by atoms with Crippen LogP contribution in [0.1, 0.15) is 48.9 Å². The smallest absolute Gasteiger partial charge is 0.314 e. The maximum atomic E-state index is 10.9. The molecule has 6 nitrogen and oxygen atoms in total. The fraction of sp³-hybridized carbons (Fsp3) is 0.657. The van der Waals surface area contributed by atoms with E-state index in [2.05, 4.69) is 118 Å². The van der Waals surface area contributed by atoms with Crippen LogP contribution in [0.3, 0.4) is 0 Å². The molecule has 0 saturated heterocycles. The molecular weight excluding hydrogens is 685 g/mol. The number of rotatable bonds is 18. The zero-order valence-electron chi connectivity index (χ0n) is 32.7. The van der Waals surface area contributed by atoms with Crippen molar-refractivity contribution in [2.75, 3.05) is 0 Å². The summed E-state index contributed by atoms with van der Waals surface area (Å²) in [5.41, 5.74) is 3.89. The highest BCUT2D eigenvalue weighted by molar-refractivity contribution is 6.88. The summed E-state index contributed by atoms with van der Waals surface area (Å²) in [7, 11) is -11.8. The molecule has 0 fully saturated rings. The molecule has 0 saturated carbocycles. The van der Waals surface area contributed by atoms with E-state index < -0.39 is 50.4 Å². The predicted octanol–water partition coefficient (Wildman–Crippen LogP) is 10.8. The Kier molecular flexibility index (Phi) is 14.1. The van der Waals surface area contributed by atoms with Gasteiger partial charge in [-0.1, -0.05) is 38.1 Å². The molecule has 0 bridgehead atoms. The average Bonchev–Trinajstić information content (AvgIpc) is 2.81. The Morgan fingerprint density at radius 3 is 1.02 bits per heavy atom. The summed E-state index contributed by atoms with van der Waals surface area (Å²) in [6, 6.07) is 13.9. The summed E-state index contributed by atoms with van der Waals surface area (Å²) < 4.78 is 26.9. The second-order valence-corrected chi connectivity index (χ2v) is 43.8. The van der Waals surface area contributed by atoms with Crippen molar-refractivity contribution >= 4 is 50.4 Å². The second-order valence-electron chi connectivity index (χ2n) is 18.1. The third kappa shape index (κ3) is 14.9. The highest BCUT2D eigenvalue weighted by Crippen LogP contribution is 2.37. The van der Waals surface area contributed by atoms with Crippen LogP contribution in [-0.2, 0) is 34.7 Å². The van der Waals surface area contributed by atoms with Crippen molar-refractivity contribution in [3.05, 3.63) is 58.7 Å². The van der Waals surface area contributed by atoms with Crippen molar-refractivity contribution < 1.29 is 26.7 Å². The molecule has 0 aliphatic rings. The molecule has 0 aliphatic carbocycles. The van der Waals surface area contributed by atoms with E-state index in [9.17, 15) is 10.2 Å². The summed E-state index contributed by atoms with van der Waals surface area (Å²) in [4.78, 5) is 0. The minimum Gasteiger partial charge on any atom is -0.508 e. The van der Waals surface area contributed by atoms with Gasteiger partial charge >= 0.3 is 17.1 Å². The first-order valence-electron chi connectivity index (χ1n) is 17.5. The first-order chi connectivity index (χ1) is 21.0. The monoisotopic (exact) mass is 752 g/mol. The lowest BCUT2D eigenvalue weighted by atomic mass is 9.76. The molecule has 2 N–H and O–H groups in total. The maximum absolute atomic E-state index is 10.9. The molecule has 12 heteroatoms. The minimum atomic E-state index is -2.34.